The lowest BCUT2D eigenvalue weighted by Gasteiger charge is -2.31. The third kappa shape index (κ3) is 2.41. The molecule has 5 nitrogen and oxygen atoms in total. The van der Waals surface area contributed by atoms with Gasteiger partial charge in [0, 0.05) is 30.9 Å². The predicted octanol–water partition coefficient (Wildman–Crippen LogP) is 2.33. The van der Waals surface area contributed by atoms with Gasteiger partial charge in [-0.25, -0.2) is 0 Å². The quantitative estimate of drug-likeness (QED) is 0.900. The number of H-pyrrole nitrogens is 1. The number of likely N-dealkylation sites (tertiary alicyclic amines) is 1. The van der Waals surface area contributed by atoms with Crippen LogP contribution in [-0.4, -0.2) is 34.1 Å². The molecule has 1 fully saturated rings. The van der Waals surface area contributed by atoms with Gasteiger partial charge in [0.15, 0.2) is 0 Å². The number of nitrogens with zero attached hydrogens (tertiary/aromatic N) is 2. The standard InChI is InChI=1S/C14H17N3O2/c1-10-8-12(9-19-10)14(18)17-6-3-11(4-7-17)13-2-5-15-16-13/h2,5,8-9,11H,3-4,6-7H2,1H3,(H,15,16). The minimum absolute atomic E-state index is 0.0694. The molecule has 1 saturated heterocycles. The van der Waals surface area contributed by atoms with Gasteiger partial charge in [-0.15, -0.1) is 0 Å². The zero-order valence-corrected chi connectivity index (χ0v) is 10.9. The van der Waals surface area contributed by atoms with Gasteiger partial charge >= 0.3 is 0 Å². The minimum atomic E-state index is 0.0694. The number of piperidine rings is 1. The van der Waals surface area contributed by atoms with E-state index < -0.39 is 0 Å². The van der Waals surface area contributed by atoms with Gasteiger partial charge in [0.2, 0.25) is 0 Å². The number of furan rings is 1. The third-order valence-corrected chi connectivity index (χ3v) is 3.72. The van der Waals surface area contributed by atoms with Gasteiger partial charge in [0.25, 0.3) is 5.91 Å². The Kier molecular flexibility index (Phi) is 3.11. The van der Waals surface area contributed by atoms with Crippen LogP contribution in [0.1, 0.15) is 40.6 Å². The molecule has 0 radical (unpaired) electrons. The Morgan fingerprint density at radius 1 is 1.47 bits per heavy atom. The van der Waals surface area contributed by atoms with Gasteiger partial charge in [-0.3, -0.25) is 9.89 Å². The van der Waals surface area contributed by atoms with Crippen LogP contribution < -0.4 is 0 Å². The summed E-state index contributed by atoms with van der Waals surface area (Å²) >= 11 is 0. The fourth-order valence-electron chi connectivity index (χ4n) is 2.63. The smallest absolute Gasteiger partial charge is 0.257 e. The molecule has 100 valence electrons. The van der Waals surface area contributed by atoms with E-state index in [-0.39, 0.29) is 5.91 Å². The second-order valence-electron chi connectivity index (χ2n) is 5.02. The Labute approximate surface area is 111 Å². The lowest BCUT2D eigenvalue weighted by molar-refractivity contribution is 0.0711. The first-order valence-corrected chi connectivity index (χ1v) is 6.58. The van der Waals surface area contributed by atoms with Crippen molar-refractivity contribution in [3.8, 4) is 0 Å². The van der Waals surface area contributed by atoms with Crippen molar-refractivity contribution in [3.05, 3.63) is 41.6 Å². The average molecular weight is 259 g/mol. The topological polar surface area (TPSA) is 62.1 Å². The highest BCUT2D eigenvalue weighted by Crippen LogP contribution is 2.27. The summed E-state index contributed by atoms with van der Waals surface area (Å²) in [5, 5.41) is 7.00. The van der Waals surface area contributed by atoms with Crippen LogP contribution in [0.15, 0.2) is 29.0 Å². The molecule has 0 saturated carbocycles. The molecule has 2 aromatic heterocycles. The van der Waals surface area contributed by atoms with Crippen molar-refractivity contribution in [1.82, 2.24) is 15.1 Å². The highest BCUT2D eigenvalue weighted by atomic mass is 16.3. The average Bonchev–Trinajstić information content (AvgIpc) is 3.09. The van der Waals surface area contributed by atoms with Crippen molar-refractivity contribution in [2.24, 2.45) is 0 Å². The first-order valence-electron chi connectivity index (χ1n) is 6.58. The van der Waals surface area contributed by atoms with Gasteiger partial charge in [-0.2, -0.15) is 5.10 Å². The van der Waals surface area contributed by atoms with Crippen molar-refractivity contribution in [1.29, 1.82) is 0 Å². The summed E-state index contributed by atoms with van der Waals surface area (Å²) in [4.78, 5) is 14.2. The number of hydrogen-bond donors (Lipinski definition) is 1. The van der Waals surface area contributed by atoms with Crippen molar-refractivity contribution in [2.45, 2.75) is 25.7 Å². The Bertz CT molecular complexity index is 551. The van der Waals surface area contributed by atoms with E-state index in [4.69, 9.17) is 4.42 Å². The number of aromatic amines is 1. The summed E-state index contributed by atoms with van der Waals surface area (Å²) in [6.07, 6.45) is 5.27. The fourth-order valence-corrected chi connectivity index (χ4v) is 2.63. The third-order valence-electron chi connectivity index (χ3n) is 3.72. The highest BCUT2D eigenvalue weighted by Gasteiger charge is 2.25. The molecule has 5 heteroatoms. The van der Waals surface area contributed by atoms with Crippen LogP contribution in [0.4, 0.5) is 0 Å². The van der Waals surface area contributed by atoms with Crippen LogP contribution in [0.25, 0.3) is 0 Å². The molecule has 3 rings (SSSR count). The van der Waals surface area contributed by atoms with E-state index in [1.807, 2.05) is 17.9 Å². The summed E-state index contributed by atoms with van der Waals surface area (Å²) in [5.74, 6) is 1.33. The van der Waals surface area contributed by atoms with Crippen LogP contribution in [0.2, 0.25) is 0 Å². The summed E-state index contributed by atoms with van der Waals surface area (Å²) in [6.45, 7) is 3.42. The van der Waals surface area contributed by atoms with E-state index >= 15 is 0 Å². The van der Waals surface area contributed by atoms with E-state index in [2.05, 4.69) is 10.2 Å². The number of amides is 1. The molecule has 1 aliphatic rings. The van der Waals surface area contributed by atoms with Gasteiger partial charge in [0.05, 0.1) is 5.56 Å². The number of carbonyl (C=O) groups excluding carboxylic acids is 1. The van der Waals surface area contributed by atoms with Gasteiger partial charge in [-0.1, -0.05) is 0 Å². The summed E-state index contributed by atoms with van der Waals surface area (Å²) < 4.78 is 5.20. The SMILES string of the molecule is Cc1cc(C(=O)N2CCC(c3ccn[nH]3)CC2)co1. The van der Waals surface area contributed by atoms with Crippen molar-refractivity contribution in [3.63, 3.8) is 0 Å². The van der Waals surface area contributed by atoms with Crippen molar-refractivity contribution in [2.75, 3.05) is 13.1 Å². The van der Waals surface area contributed by atoms with E-state index in [0.717, 1.165) is 31.7 Å². The first-order chi connectivity index (χ1) is 9.24. The molecule has 1 N–H and O–H groups in total. The van der Waals surface area contributed by atoms with Crippen LogP contribution >= 0.6 is 0 Å². The maximum absolute atomic E-state index is 12.3. The molecule has 3 heterocycles. The monoisotopic (exact) mass is 259 g/mol. The van der Waals surface area contributed by atoms with Gasteiger partial charge in [-0.05, 0) is 31.9 Å². The molecule has 0 aliphatic carbocycles. The molecule has 19 heavy (non-hydrogen) atoms. The van der Waals surface area contributed by atoms with Gasteiger partial charge < -0.3 is 9.32 Å². The Balaban J connectivity index is 1.62. The number of rotatable bonds is 2. The second kappa shape index (κ2) is 4.91. The molecular formula is C14H17N3O2. The van der Waals surface area contributed by atoms with Crippen LogP contribution in [-0.2, 0) is 0 Å². The Hall–Kier alpha value is -2.04. The lowest BCUT2D eigenvalue weighted by Crippen LogP contribution is -2.37. The molecule has 0 atom stereocenters. The number of aromatic nitrogens is 2. The molecule has 0 aromatic carbocycles. The maximum Gasteiger partial charge on any atom is 0.257 e. The molecule has 1 amide bonds. The number of nitrogens with one attached hydrogen (secondary N) is 1. The number of hydrogen-bond acceptors (Lipinski definition) is 3. The van der Waals surface area contributed by atoms with Crippen LogP contribution in [0.3, 0.4) is 0 Å². The van der Waals surface area contributed by atoms with E-state index in [1.54, 1.807) is 18.5 Å². The number of aryl methyl sites for hydroxylation is 1. The van der Waals surface area contributed by atoms with E-state index in [9.17, 15) is 4.79 Å². The van der Waals surface area contributed by atoms with Crippen molar-refractivity contribution >= 4 is 5.91 Å². The van der Waals surface area contributed by atoms with Crippen LogP contribution in [0, 0.1) is 6.92 Å². The second-order valence-corrected chi connectivity index (χ2v) is 5.02. The zero-order chi connectivity index (χ0) is 13.2. The molecule has 0 unspecified atom stereocenters. The van der Waals surface area contributed by atoms with Crippen molar-refractivity contribution < 1.29 is 9.21 Å². The van der Waals surface area contributed by atoms with E-state index in [0.29, 0.717) is 11.5 Å². The summed E-state index contributed by atoms with van der Waals surface area (Å²) in [6, 6.07) is 3.81. The minimum Gasteiger partial charge on any atom is -0.469 e. The summed E-state index contributed by atoms with van der Waals surface area (Å²) in [5.41, 5.74) is 1.82. The number of carbonyl (C=O) groups is 1. The normalized spacial score (nSPS) is 16.8. The molecular weight excluding hydrogens is 242 g/mol. The lowest BCUT2D eigenvalue weighted by atomic mass is 9.93. The Morgan fingerprint density at radius 3 is 2.84 bits per heavy atom. The maximum atomic E-state index is 12.3. The Morgan fingerprint density at radius 2 is 2.26 bits per heavy atom. The summed E-state index contributed by atoms with van der Waals surface area (Å²) in [7, 11) is 0. The molecule has 2 aromatic rings. The van der Waals surface area contributed by atoms with E-state index in [1.165, 1.54) is 5.69 Å². The molecule has 1 aliphatic heterocycles. The molecule has 0 spiro atoms. The van der Waals surface area contributed by atoms with Gasteiger partial charge in [0.1, 0.15) is 12.0 Å². The largest absolute Gasteiger partial charge is 0.469 e. The molecule has 0 bridgehead atoms. The zero-order valence-electron chi connectivity index (χ0n) is 10.9. The fraction of sp³-hybridized carbons (Fsp3) is 0.429. The van der Waals surface area contributed by atoms with Crippen LogP contribution in [0.5, 0.6) is 0 Å². The highest BCUT2D eigenvalue weighted by molar-refractivity contribution is 5.94. The first kappa shape index (κ1) is 12.0. The predicted molar refractivity (Wildman–Crippen MR) is 69.9 cm³/mol.